The predicted octanol–water partition coefficient (Wildman–Crippen LogP) is 1.86. The first kappa shape index (κ1) is 15.9. The monoisotopic (exact) mass is 299 g/mol. The van der Waals surface area contributed by atoms with E-state index in [2.05, 4.69) is 20.2 Å². The second-order valence-corrected chi connectivity index (χ2v) is 5.55. The zero-order valence-corrected chi connectivity index (χ0v) is 13.4. The summed E-state index contributed by atoms with van der Waals surface area (Å²) in [6, 6.07) is 7.56. The molecule has 0 bridgehead atoms. The van der Waals surface area contributed by atoms with E-state index in [0.717, 1.165) is 6.54 Å². The van der Waals surface area contributed by atoms with Crippen LogP contribution in [0.1, 0.15) is 15.9 Å². The van der Waals surface area contributed by atoms with Crippen molar-refractivity contribution in [2.45, 2.75) is 6.54 Å². The summed E-state index contributed by atoms with van der Waals surface area (Å²) in [5, 5.41) is 2.79. The van der Waals surface area contributed by atoms with Crippen LogP contribution in [0.25, 0.3) is 0 Å². The van der Waals surface area contributed by atoms with Crippen molar-refractivity contribution in [1.29, 1.82) is 0 Å². The lowest BCUT2D eigenvalue weighted by atomic mass is 10.1. The van der Waals surface area contributed by atoms with Crippen LogP contribution in [0.2, 0.25) is 0 Å². The molecule has 0 saturated carbocycles. The molecule has 1 aromatic heterocycles. The molecule has 0 unspecified atom stereocenters. The van der Waals surface area contributed by atoms with Gasteiger partial charge < -0.3 is 15.1 Å². The number of rotatable bonds is 5. The van der Waals surface area contributed by atoms with E-state index < -0.39 is 0 Å². The van der Waals surface area contributed by atoms with Gasteiger partial charge in [0, 0.05) is 26.2 Å². The maximum Gasteiger partial charge on any atom is 0.255 e. The number of hydrogen-bond donors (Lipinski definition) is 1. The molecule has 0 aliphatic carbocycles. The Kier molecular flexibility index (Phi) is 5.06. The number of nitrogens with zero attached hydrogens (tertiary/aromatic N) is 4. The van der Waals surface area contributed by atoms with Gasteiger partial charge in [-0.1, -0.05) is 12.1 Å². The molecule has 0 aliphatic rings. The summed E-state index contributed by atoms with van der Waals surface area (Å²) in [4.78, 5) is 24.4. The van der Waals surface area contributed by atoms with Gasteiger partial charge in [0.15, 0.2) is 0 Å². The molecular weight excluding hydrogens is 278 g/mol. The van der Waals surface area contributed by atoms with Gasteiger partial charge in [0.05, 0.1) is 18.1 Å². The number of amides is 1. The maximum absolute atomic E-state index is 12.2. The fraction of sp³-hybridized carbons (Fsp3) is 0.312. The molecule has 2 rings (SSSR count). The number of nitrogens with one attached hydrogen (secondary N) is 1. The Bertz CT molecular complexity index is 620. The Morgan fingerprint density at radius 2 is 1.64 bits per heavy atom. The zero-order valence-electron chi connectivity index (χ0n) is 13.4. The predicted molar refractivity (Wildman–Crippen MR) is 88.1 cm³/mol. The third-order valence-electron chi connectivity index (χ3n) is 3.01. The fourth-order valence-corrected chi connectivity index (χ4v) is 1.95. The normalized spacial score (nSPS) is 10.6. The van der Waals surface area contributed by atoms with Gasteiger partial charge in [0.25, 0.3) is 5.91 Å². The second-order valence-electron chi connectivity index (χ2n) is 5.55. The van der Waals surface area contributed by atoms with Crippen LogP contribution in [-0.4, -0.2) is 49.0 Å². The molecule has 116 valence electrons. The average Bonchev–Trinajstić information content (AvgIpc) is 2.48. The van der Waals surface area contributed by atoms with Crippen molar-refractivity contribution in [3.05, 3.63) is 47.8 Å². The highest BCUT2D eigenvalue weighted by atomic mass is 16.1. The lowest BCUT2D eigenvalue weighted by Gasteiger charge is -2.11. The summed E-state index contributed by atoms with van der Waals surface area (Å²) < 4.78 is 0. The lowest BCUT2D eigenvalue weighted by Crippen LogP contribution is -2.15. The minimum Gasteiger partial charge on any atom is -0.347 e. The van der Waals surface area contributed by atoms with Crippen molar-refractivity contribution in [3.63, 3.8) is 0 Å². The van der Waals surface area contributed by atoms with E-state index in [9.17, 15) is 4.79 Å². The number of aromatic nitrogens is 2. The number of benzene rings is 1. The van der Waals surface area contributed by atoms with Gasteiger partial charge in [0.2, 0.25) is 5.95 Å². The standard InChI is InChI=1S/C16H21N5O/c1-20(2)11-12-5-7-13(8-6-12)15(22)19-14-9-17-16(18-10-14)21(3)4/h5-10H,11H2,1-4H3,(H,19,22). The molecule has 1 N–H and O–H groups in total. The zero-order chi connectivity index (χ0) is 16.1. The smallest absolute Gasteiger partial charge is 0.255 e. The summed E-state index contributed by atoms with van der Waals surface area (Å²) in [7, 11) is 7.75. The van der Waals surface area contributed by atoms with Crippen molar-refractivity contribution in [2.75, 3.05) is 38.4 Å². The quantitative estimate of drug-likeness (QED) is 0.913. The number of hydrogen-bond acceptors (Lipinski definition) is 5. The summed E-state index contributed by atoms with van der Waals surface area (Å²) in [5.41, 5.74) is 2.35. The van der Waals surface area contributed by atoms with E-state index >= 15 is 0 Å². The van der Waals surface area contributed by atoms with Crippen molar-refractivity contribution >= 4 is 17.5 Å². The van der Waals surface area contributed by atoms with Gasteiger partial charge in [-0.25, -0.2) is 9.97 Å². The molecule has 6 heteroatoms. The van der Waals surface area contributed by atoms with Gasteiger partial charge >= 0.3 is 0 Å². The first-order valence-electron chi connectivity index (χ1n) is 7.00. The van der Waals surface area contributed by atoms with Gasteiger partial charge in [-0.15, -0.1) is 0 Å². The second kappa shape index (κ2) is 7.00. The highest BCUT2D eigenvalue weighted by Gasteiger charge is 2.07. The fourth-order valence-electron chi connectivity index (χ4n) is 1.95. The van der Waals surface area contributed by atoms with Crippen molar-refractivity contribution < 1.29 is 4.79 Å². The van der Waals surface area contributed by atoms with Crippen LogP contribution in [0.15, 0.2) is 36.7 Å². The first-order valence-corrected chi connectivity index (χ1v) is 7.00. The van der Waals surface area contributed by atoms with Crippen molar-refractivity contribution in [1.82, 2.24) is 14.9 Å². The average molecular weight is 299 g/mol. The van der Waals surface area contributed by atoms with E-state index in [1.807, 2.05) is 52.5 Å². The van der Waals surface area contributed by atoms with Crippen LogP contribution in [0.5, 0.6) is 0 Å². The minimum absolute atomic E-state index is 0.169. The number of carbonyl (C=O) groups excluding carboxylic acids is 1. The van der Waals surface area contributed by atoms with Crippen molar-refractivity contribution in [2.24, 2.45) is 0 Å². The minimum atomic E-state index is -0.169. The highest BCUT2D eigenvalue weighted by Crippen LogP contribution is 2.11. The van der Waals surface area contributed by atoms with Crippen LogP contribution in [0.3, 0.4) is 0 Å². The molecule has 0 fully saturated rings. The van der Waals surface area contributed by atoms with E-state index in [-0.39, 0.29) is 5.91 Å². The van der Waals surface area contributed by atoms with E-state index in [0.29, 0.717) is 17.2 Å². The third-order valence-corrected chi connectivity index (χ3v) is 3.01. The summed E-state index contributed by atoms with van der Waals surface area (Å²) >= 11 is 0. The molecule has 0 atom stereocenters. The Balaban J connectivity index is 2.02. The molecule has 0 saturated heterocycles. The molecule has 0 spiro atoms. The van der Waals surface area contributed by atoms with E-state index in [1.165, 1.54) is 5.56 Å². The molecule has 6 nitrogen and oxygen atoms in total. The Morgan fingerprint density at radius 1 is 1.05 bits per heavy atom. The first-order chi connectivity index (χ1) is 10.5. The van der Waals surface area contributed by atoms with Gasteiger partial charge in [-0.3, -0.25) is 4.79 Å². The molecule has 2 aromatic rings. The van der Waals surface area contributed by atoms with Crippen LogP contribution < -0.4 is 10.2 Å². The molecule has 0 radical (unpaired) electrons. The van der Waals surface area contributed by atoms with Crippen LogP contribution >= 0.6 is 0 Å². The molecular formula is C16H21N5O. The lowest BCUT2D eigenvalue weighted by molar-refractivity contribution is 0.102. The summed E-state index contributed by atoms with van der Waals surface area (Å²) in [6.07, 6.45) is 3.20. The van der Waals surface area contributed by atoms with E-state index in [1.54, 1.807) is 17.3 Å². The number of carbonyl (C=O) groups is 1. The molecule has 22 heavy (non-hydrogen) atoms. The van der Waals surface area contributed by atoms with Crippen LogP contribution in [-0.2, 0) is 6.54 Å². The SMILES string of the molecule is CN(C)Cc1ccc(C(=O)Nc2cnc(N(C)C)nc2)cc1. The van der Waals surface area contributed by atoms with E-state index in [4.69, 9.17) is 0 Å². The topological polar surface area (TPSA) is 61.4 Å². The molecule has 1 heterocycles. The molecule has 0 aliphatic heterocycles. The van der Waals surface area contributed by atoms with Crippen LogP contribution in [0.4, 0.5) is 11.6 Å². The van der Waals surface area contributed by atoms with Gasteiger partial charge in [-0.05, 0) is 31.8 Å². The highest BCUT2D eigenvalue weighted by molar-refractivity contribution is 6.04. The summed E-state index contributed by atoms with van der Waals surface area (Å²) in [5.74, 6) is 0.434. The molecule has 1 amide bonds. The Labute approximate surface area is 130 Å². The Morgan fingerprint density at radius 3 is 2.14 bits per heavy atom. The maximum atomic E-state index is 12.2. The summed E-state index contributed by atoms with van der Waals surface area (Å²) in [6.45, 7) is 0.849. The number of anilines is 2. The van der Waals surface area contributed by atoms with Gasteiger partial charge in [0.1, 0.15) is 0 Å². The Hall–Kier alpha value is -2.47. The van der Waals surface area contributed by atoms with Gasteiger partial charge in [-0.2, -0.15) is 0 Å². The largest absolute Gasteiger partial charge is 0.347 e. The third kappa shape index (κ3) is 4.26. The van der Waals surface area contributed by atoms with Crippen molar-refractivity contribution in [3.8, 4) is 0 Å². The van der Waals surface area contributed by atoms with Crippen LogP contribution in [0, 0.1) is 0 Å². The molecule has 1 aromatic carbocycles.